The molecular weight excluding hydrogens is 257 g/mol. The highest BCUT2D eigenvalue weighted by Gasteiger charge is 2.28. The first-order chi connectivity index (χ1) is 8.35. The minimum atomic E-state index is -2.98. The summed E-state index contributed by atoms with van der Waals surface area (Å²) in [5, 5.41) is 3.21. The maximum Gasteiger partial charge on any atom is 0.150 e. The number of hydrogen-bond acceptors (Lipinski definition) is 4. The molecule has 6 heteroatoms. The molecule has 0 aromatic rings. The summed E-state index contributed by atoms with van der Waals surface area (Å²) in [5.74, 6) is 0.214. The molecular formula is C12H24FNO3S. The number of rotatable bonds is 7. The molecule has 0 spiro atoms. The third-order valence-corrected chi connectivity index (χ3v) is 5.05. The third kappa shape index (κ3) is 6.11. The van der Waals surface area contributed by atoms with Crippen molar-refractivity contribution >= 4 is 9.84 Å². The van der Waals surface area contributed by atoms with Crippen molar-refractivity contribution in [3.8, 4) is 0 Å². The number of sulfone groups is 1. The molecule has 1 N–H and O–H groups in total. The van der Waals surface area contributed by atoms with E-state index in [0.717, 1.165) is 6.54 Å². The van der Waals surface area contributed by atoms with E-state index in [0.29, 0.717) is 26.1 Å². The van der Waals surface area contributed by atoms with Gasteiger partial charge in [0.15, 0.2) is 0 Å². The fraction of sp³-hybridized carbons (Fsp3) is 1.00. The molecule has 1 aliphatic heterocycles. The first-order valence-electron chi connectivity index (χ1n) is 6.55. The first kappa shape index (κ1) is 15.9. The van der Waals surface area contributed by atoms with E-state index in [1.165, 1.54) is 0 Å². The number of nitrogens with one attached hydrogen (secondary N) is 1. The SMILES string of the molecule is CCS(=O)(=O)CCCC(C)(F)CC1COCCN1. The Bertz CT molecular complexity index is 337. The molecule has 18 heavy (non-hydrogen) atoms. The number of alkyl halides is 1. The van der Waals surface area contributed by atoms with Crippen molar-refractivity contribution in [1.29, 1.82) is 0 Å². The lowest BCUT2D eigenvalue weighted by Gasteiger charge is -2.29. The molecule has 0 saturated carbocycles. The van der Waals surface area contributed by atoms with Gasteiger partial charge in [0.1, 0.15) is 15.5 Å². The van der Waals surface area contributed by atoms with E-state index in [9.17, 15) is 12.8 Å². The molecule has 1 fully saturated rings. The van der Waals surface area contributed by atoms with E-state index in [2.05, 4.69) is 5.32 Å². The van der Waals surface area contributed by atoms with Crippen molar-refractivity contribution in [3.63, 3.8) is 0 Å². The Morgan fingerprint density at radius 3 is 2.78 bits per heavy atom. The minimum absolute atomic E-state index is 0.0385. The van der Waals surface area contributed by atoms with Crippen molar-refractivity contribution in [2.24, 2.45) is 0 Å². The average Bonchev–Trinajstić information content (AvgIpc) is 2.29. The molecule has 2 atom stereocenters. The van der Waals surface area contributed by atoms with Gasteiger partial charge < -0.3 is 10.1 Å². The van der Waals surface area contributed by atoms with Gasteiger partial charge in [-0.25, -0.2) is 12.8 Å². The fourth-order valence-corrected chi connectivity index (χ4v) is 3.04. The van der Waals surface area contributed by atoms with Gasteiger partial charge in [-0.15, -0.1) is 0 Å². The van der Waals surface area contributed by atoms with E-state index in [1.807, 2.05) is 0 Å². The Kier molecular flexibility index (Phi) is 6.01. The van der Waals surface area contributed by atoms with Crippen LogP contribution in [0.25, 0.3) is 0 Å². The highest BCUT2D eigenvalue weighted by atomic mass is 32.2. The Morgan fingerprint density at radius 2 is 2.22 bits per heavy atom. The van der Waals surface area contributed by atoms with E-state index in [-0.39, 0.29) is 24.0 Å². The molecule has 1 rings (SSSR count). The van der Waals surface area contributed by atoms with Gasteiger partial charge >= 0.3 is 0 Å². The summed E-state index contributed by atoms with van der Waals surface area (Å²) in [6.07, 6.45) is 1.04. The predicted octanol–water partition coefficient (Wildman–Crippen LogP) is 1.31. The zero-order valence-electron chi connectivity index (χ0n) is 11.2. The average molecular weight is 281 g/mol. The van der Waals surface area contributed by atoms with Gasteiger partial charge in [-0.05, 0) is 26.2 Å². The van der Waals surface area contributed by atoms with E-state index in [1.54, 1.807) is 13.8 Å². The van der Waals surface area contributed by atoms with Crippen LogP contribution in [0.2, 0.25) is 0 Å². The van der Waals surface area contributed by atoms with E-state index < -0.39 is 15.5 Å². The Balaban J connectivity index is 2.30. The zero-order chi connectivity index (χ0) is 13.6. The van der Waals surface area contributed by atoms with Crippen molar-refractivity contribution in [2.45, 2.75) is 44.8 Å². The first-order valence-corrected chi connectivity index (χ1v) is 8.37. The van der Waals surface area contributed by atoms with Gasteiger partial charge in [0.25, 0.3) is 0 Å². The maximum atomic E-state index is 14.3. The highest BCUT2D eigenvalue weighted by molar-refractivity contribution is 7.91. The second-order valence-corrected chi connectivity index (χ2v) is 7.66. The fourth-order valence-electron chi connectivity index (χ4n) is 2.17. The number of hydrogen-bond donors (Lipinski definition) is 1. The monoisotopic (exact) mass is 281 g/mol. The molecule has 0 aromatic heterocycles. The van der Waals surface area contributed by atoms with E-state index >= 15 is 0 Å². The Hall–Kier alpha value is -0.200. The summed E-state index contributed by atoms with van der Waals surface area (Å²) in [6, 6.07) is 0.0385. The van der Waals surface area contributed by atoms with Crippen LogP contribution >= 0.6 is 0 Å². The molecule has 0 radical (unpaired) electrons. The van der Waals surface area contributed by atoms with Crippen LogP contribution in [0.1, 0.15) is 33.1 Å². The standard InChI is InChI=1S/C12H24FNO3S/c1-3-18(15,16)8-4-5-12(2,13)9-11-10-17-7-6-14-11/h11,14H,3-10H2,1-2H3. The number of ether oxygens (including phenoxy) is 1. The van der Waals surface area contributed by atoms with Crippen LogP contribution in [-0.4, -0.2) is 51.4 Å². The lowest BCUT2D eigenvalue weighted by Crippen LogP contribution is -2.44. The van der Waals surface area contributed by atoms with Crippen LogP contribution < -0.4 is 5.32 Å². The van der Waals surface area contributed by atoms with Gasteiger partial charge in [0, 0.05) is 18.3 Å². The molecule has 2 unspecified atom stereocenters. The molecule has 1 heterocycles. The van der Waals surface area contributed by atoms with Crippen molar-refractivity contribution < 1.29 is 17.5 Å². The molecule has 0 aromatic carbocycles. The number of morpholine rings is 1. The quantitative estimate of drug-likeness (QED) is 0.764. The summed E-state index contributed by atoms with van der Waals surface area (Å²) >= 11 is 0. The Morgan fingerprint density at radius 1 is 1.50 bits per heavy atom. The van der Waals surface area contributed by atoms with Crippen LogP contribution in [0.3, 0.4) is 0 Å². The second kappa shape index (κ2) is 6.82. The van der Waals surface area contributed by atoms with Gasteiger partial charge in [-0.2, -0.15) is 0 Å². The maximum absolute atomic E-state index is 14.3. The smallest absolute Gasteiger partial charge is 0.150 e. The van der Waals surface area contributed by atoms with Gasteiger partial charge in [0.2, 0.25) is 0 Å². The van der Waals surface area contributed by atoms with Gasteiger partial charge in [0.05, 0.1) is 19.0 Å². The predicted molar refractivity (Wildman–Crippen MR) is 70.3 cm³/mol. The molecule has 0 bridgehead atoms. The largest absolute Gasteiger partial charge is 0.379 e. The normalized spacial score (nSPS) is 24.7. The van der Waals surface area contributed by atoms with Crippen LogP contribution in [0.4, 0.5) is 4.39 Å². The summed E-state index contributed by atoms with van der Waals surface area (Å²) in [5.41, 5.74) is -1.33. The van der Waals surface area contributed by atoms with Crippen LogP contribution in [-0.2, 0) is 14.6 Å². The van der Waals surface area contributed by atoms with E-state index in [4.69, 9.17) is 4.74 Å². The lowest BCUT2D eigenvalue weighted by atomic mass is 9.94. The van der Waals surface area contributed by atoms with Crippen molar-refractivity contribution in [2.75, 3.05) is 31.3 Å². The number of halogens is 1. The molecule has 0 aliphatic carbocycles. The van der Waals surface area contributed by atoms with Crippen LogP contribution in [0.15, 0.2) is 0 Å². The third-order valence-electron chi connectivity index (χ3n) is 3.26. The van der Waals surface area contributed by atoms with Crippen LogP contribution in [0.5, 0.6) is 0 Å². The summed E-state index contributed by atoms with van der Waals surface area (Å²) in [7, 11) is -2.98. The highest BCUT2D eigenvalue weighted by Crippen LogP contribution is 2.24. The molecule has 1 aliphatic rings. The summed E-state index contributed by atoms with van der Waals surface area (Å²) in [6.45, 7) is 5.13. The molecule has 0 amide bonds. The molecule has 108 valence electrons. The minimum Gasteiger partial charge on any atom is -0.379 e. The zero-order valence-corrected chi connectivity index (χ0v) is 12.1. The van der Waals surface area contributed by atoms with Gasteiger partial charge in [-0.1, -0.05) is 6.92 Å². The van der Waals surface area contributed by atoms with Crippen LogP contribution in [0, 0.1) is 0 Å². The molecule has 4 nitrogen and oxygen atoms in total. The Labute approximate surface area is 109 Å². The lowest BCUT2D eigenvalue weighted by molar-refractivity contribution is 0.0457. The van der Waals surface area contributed by atoms with Gasteiger partial charge in [-0.3, -0.25) is 0 Å². The summed E-state index contributed by atoms with van der Waals surface area (Å²) < 4.78 is 42.2. The topological polar surface area (TPSA) is 55.4 Å². The summed E-state index contributed by atoms with van der Waals surface area (Å²) in [4.78, 5) is 0. The van der Waals surface area contributed by atoms with Crippen molar-refractivity contribution in [3.05, 3.63) is 0 Å². The molecule has 1 saturated heterocycles. The second-order valence-electron chi connectivity index (χ2n) is 5.18. The van der Waals surface area contributed by atoms with Crippen molar-refractivity contribution in [1.82, 2.24) is 5.32 Å².